The summed E-state index contributed by atoms with van der Waals surface area (Å²) in [6.45, 7) is 0.00241. The molecule has 2 aromatic heterocycles. The highest BCUT2D eigenvalue weighted by Gasteiger charge is 2.39. The number of non-ortho nitro benzene ring substituents is 1. The zero-order valence-corrected chi connectivity index (χ0v) is 13.8. The van der Waals surface area contributed by atoms with Gasteiger partial charge in [0.25, 0.3) is 5.69 Å². The molecule has 1 aliphatic rings. The normalized spacial score (nSPS) is 14.6. The number of nitrogens with two attached hydrogens (primary N) is 1. The maximum absolute atomic E-state index is 13.2. The van der Waals surface area contributed by atoms with E-state index < -0.39 is 16.9 Å². The lowest BCUT2D eigenvalue weighted by Gasteiger charge is -2.10. The number of aromatic nitrogens is 4. The minimum atomic E-state index is -4.70. The van der Waals surface area contributed by atoms with Crippen molar-refractivity contribution in [1.82, 2.24) is 19.5 Å². The van der Waals surface area contributed by atoms with E-state index in [9.17, 15) is 23.3 Å². The topological polar surface area (TPSA) is 113 Å². The molecular weight excluding hydrogens is 365 g/mol. The smallest absolute Gasteiger partial charge is 0.369 e. The lowest BCUT2D eigenvalue weighted by atomic mass is 10.2. The fourth-order valence-electron chi connectivity index (χ4n) is 2.91. The number of hydrogen-bond donors (Lipinski definition) is 1. The number of nitrogens with zero attached hydrogens (tertiary/aromatic N) is 5. The molecule has 27 heavy (non-hydrogen) atoms. The van der Waals surface area contributed by atoms with Crippen LogP contribution in [0.15, 0.2) is 24.3 Å². The van der Waals surface area contributed by atoms with E-state index >= 15 is 0 Å². The van der Waals surface area contributed by atoms with E-state index in [4.69, 9.17) is 5.73 Å². The summed E-state index contributed by atoms with van der Waals surface area (Å²) in [5.41, 5.74) is 6.75. The Labute approximate surface area is 150 Å². The Kier molecular flexibility index (Phi) is 3.75. The minimum absolute atomic E-state index is 0.00241. The number of benzene rings is 1. The molecular formula is C16H13F3N6O2. The van der Waals surface area contributed by atoms with Gasteiger partial charge in [-0.25, -0.2) is 15.0 Å². The highest BCUT2D eigenvalue weighted by molar-refractivity contribution is 5.78. The molecule has 2 N–H and O–H groups in total. The fraction of sp³-hybridized carbons (Fsp3) is 0.312. The van der Waals surface area contributed by atoms with Crippen LogP contribution < -0.4 is 5.73 Å². The van der Waals surface area contributed by atoms with E-state index in [0.29, 0.717) is 5.56 Å². The molecule has 1 aromatic carbocycles. The molecule has 0 unspecified atom stereocenters. The quantitative estimate of drug-likeness (QED) is 0.551. The van der Waals surface area contributed by atoms with Gasteiger partial charge in [-0.15, -0.1) is 0 Å². The van der Waals surface area contributed by atoms with Crippen LogP contribution in [0.2, 0.25) is 0 Å². The van der Waals surface area contributed by atoms with Gasteiger partial charge in [-0.05, 0) is 18.4 Å². The lowest BCUT2D eigenvalue weighted by molar-refractivity contribution is -0.384. The number of hydrogen-bond acceptors (Lipinski definition) is 6. The van der Waals surface area contributed by atoms with Gasteiger partial charge in [-0.3, -0.25) is 14.7 Å². The summed E-state index contributed by atoms with van der Waals surface area (Å²) in [7, 11) is 0. The summed E-state index contributed by atoms with van der Waals surface area (Å²) in [6.07, 6.45) is -3.23. The number of anilines is 1. The van der Waals surface area contributed by atoms with Gasteiger partial charge in [0.1, 0.15) is 5.52 Å². The second-order valence-corrected chi connectivity index (χ2v) is 6.36. The van der Waals surface area contributed by atoms with Crippen LogP contribution in [0.4, 0.5) is 24.8 Å². The third kappa shape index (κ3) is 3.15. The molecule has 0 bridgehead atoms. The summed E-state index contributed by atoms with van der Waals surface area (Å²) < 4.78 is 41.0. The van der Waals surface area contributed by atoms with E-state index in [-0.39, 0.29) is 41.0 Å². The number of imidazole rings is 1. The lowest BCUT2D eigenvalue weighted by Crippen LogP contribution is -2.14. The van der Waals surface area contributed by atoms with Gasteiger partial charge in [0.2, 0.25) is 11.8 Å². The first-order valence-electron chi connectivity index (χ1n) is 8.08. The number of alkyl halides is 3. The Morgan fingerprint density at radius 1 is 1.26 bits per heavy atom. The Balaban J connectivity index is 1.85. The van der Waals surface area contributed by atoms with Gasteiger partial charge in [-0.1, -0.05) is 12.1 Å². The standard InChI is InChI=1S/C16H13F3N6O2/c17-16(18,19)14-21-11(9-4-5-9)12-13(23-14)24(15(20)22-12)7-8-2-1-3-10(6-8)25(26)27/h1-3,6,9H,4-5,7H2,(H2,20,22). The molecule has 140 valence electrons. The highest BCUT2D eigenvalue weighted by Crippen LogP contribution is 2.43. The molecule has 0 radical (unpaired) electrons. The third-order valence-corrected chi connectivity index (χ3v) is 4.33. The summed E-state index contributed by atoms with van der Waals surface area (Å²) in [4.78, 5) is 21.9. The first-order valence-corrected chi connectivity index (χ1v) is 8.08. The zero-order chi connectivity index (χ0) is 19.3. The molecule has 0 amide bonds. The van der Waals surface area contributed by atoms with Crippen LogP contribution in [0.1, 0.15) is 35.8 Å². The molecule has 0 atom stereocenters. The van der Waals surface area contributed by atoms with Crippen molar-refractivity contribution in [3.05, 3.63) is 51.5 Å². The number of fused-ring (bicyclic) bond motifs is 1. The molecule has 0 aliphatic heterocycles. The van der Waals surface area contributed by atoms with Gasteiger partial charge in [0.15, 0.2) is 5.65 Å². The van der Waals surface area contributed by atoms with E-state index in [2.05, 4.69) is 15.0 Å². The Morgan fingerprint density at radius 2 is 2.00 bits per heavy atom. The molecule has 4 rings (SSSR count). The largest absolute Gasteiger partial charge is 0.451 e. The van der Waals surface area contributed by atoms with E-state index in [1.807, 2.05) is 0 Å². The van der Waals surface area contributed by atoms with Crippen molar-refractivity contribution in [2.45, 2.75) is 31.5 Å². The second kappa shape index (κ2) is 5.89. The average molecular weight is 378 g/mol. The Morgan fingerprint density at radius 3 is 2.63 bits per heavy atom. The van der Waals surface area contributed by atoms with Crippen LogP contribution >= 0.6 is 0 Å². The van der Waals surface area contributed by atoms with E-state index in [1.165, 1.54) is 22.8 Å². The summed E-state index contributed by atoms with van der Waals surface area (Å²) in [5, 5.41) is 10.9. The van der Waals surface area contributed by atoms with Crippen molar-refractivity contribution in [3.8, 4) is 0 Å². The molecule has 3 aromatic rings. The first kappa shape index (κ1) is 17.2. The van der Waals surface area contributed by atoms with Gasteiger partial charge in [0, 0.05) is 18.1 Å². The van der Waals surface area contributed by atoms with Crippen LogP contribution in [0, 0.1) is 10.1 Å². The first-order chi connectivity index (χ1) is 12.7. The van der Waals surface area contributed by atoms with Crippen LogP contribution in [0.5, 0.6) is 0 Å². The highest BCUT2D eigenvalue weighted by atomic mass is 19.4. The molecule has 8 nitrogen and oxygen atoms in total. The number of nitro benzene ring substituents is 1. The van der Waals surface area contributed by atoms with Gasteiger partial charge >= 0.3 is 6.18 Å². The van der Waals surface area contributed by atoms with Crippen LogP contribution in [0.3, 0.4) is 0 Å². The minimum Gasteiger partial charge on any atom is -0.369 e. The number of halogens is 3. The molecule has 0 spiro atoms. The van der Waals surface area contributed by atoms with E-state index in [0.717, 1.165) is 12.8 Å². The molecule has 11 heteroatoms. The zero-order valence-electron chi connectivity index (χ0n) is 13.8. The van der Waals surface area contributed by atoms with Crippen molar-refractivity contribution in [1.29, 1.82) is 0 Å². The third-order valence-electron chi connectivity index (χ3n) is 4.33. The van der Waals surface area contributed by atoms with Crippen LogP contribution in [-0.4, -0.2) is 24.4 Å². The van der Waals surface area contributed by atoms with Crippen molar-refractivity contribution < 1.29 is 18.1 Å². The van der Waals surface area contributed by atoms with Gasteiger partial charge < -0.3 is 5.73 Å². The number of nitro groups is 1. The monoisotopic (exact) mass is 378 g/mol. The fourth-order valence-corrected chi connectivity index (χ4v) is 2.91. The Hall–Kier alpha value is -3.24. The average Bonchev–Trinajstić information content (AvgIpc) is 3.39. The molecule has 1 aliphatic carbocycles. The SMILES string of the molecule is Nc1nc2c(C3CC3)nc(C(F)(F)F)nc2n1Cc1cccc([N+](=O)[O-])c1. The van der Waals surface area contributed by atoms with Gasteiger partial charge in [-0.2, -0.15) is 13.2 Å². The molecule has 1 fully saturated rings. The molecule has 0 saturated heterocycles. The van der Waals surface area contributed by atoms with Crippen molar-refractivity contribution in [3.63, 3.8) is 0 Å². The van der Waals surface area contributed by atoms with Crippen molar-refractivity contribution >= 4 is 22.8 Å². The Bertz CT molecular complexity index is 1060. The second-order valence-electron chi connectivity index (χ2n) is 6.36. The van der Waals surface area contributed by atoms with Crippen LogP contribution in [-0.2, 0) is 12.7 Å². The maximum Gasteiger partial charge on any atom is 0.451 e. The molecule has 2 heterocycles. The predicted molar refractivity (Wildman–Crippen MR) is 88.9 cm³/mol. The molecule has 1 saturated carbocycles. The van der Waals surface area contributed by atoms with Crippen LogP contribution in [0.25, 0.3) is 11.2 Å². The summed E-state index contributed by atoms with van der Waals surface area (Å²) >= 11 is 0. The number of nitrogen functional groups attached to an aromatic ring is 1. The summed E-state index contributed by atoms with van der Waals surface area (Å²) in [6, 6.07) is 5.77. The summed E-state index contributed by atoms with van der Waals surface area (Å²) in [5.74, 6) is -1.35. The van der Waals surface area contributed by atoms with Crippen molar-refractivity contribution in [2.75, 3.05) is 5.73 Å². The maximum atomic E-state index is 13.2. The van der Waals surface area contributed by atoms with Crippen molar-refractivity contribution in [2.24, 2.45) is 0 Å². The number of rotatable bonds is 4. The van der Waals surface area contributed by atoms with E-state index in [1.54, 1.807) is 6.07 Å². The predicted octanol–water partition coefficient (Wildman–Crippen LogP) is 3.26. The van der Waals surface area contributed by atoms with Gasteiger partial charge in [0.05, 0.1) is 17.2 Å².